The summed E-state index contributed by atoms with van der Waals surface area (Å²) in [7, 11) is 0. The molecule has 0 spiro atoms. The van der Waals surface area contributed by atoms with E-state index in [1.807, 2.05) is 0 Å². The van der Waals surface area contributed by atoms with Crippen molar-refractivity contribution in [3.05, 3.63) is 24.3 Å². The van der Waals surface area contributed by atoms with Crippen LogP contribution in [0.2, 0.25) is 0 Å². The molecular weight excluding hydrogens is 240 g/mol. The molecule has 0 aliphatic heterocycles. The number of hydrogen-bond donors (Lipinski definition) is 0. The predicted octanol–water partition coefficient (Wildman–Crippen LogP) is 7.21. The average Bonchev–Trinajstić information content (AvgIpc) is 2.49. The van der Waals surface area contributed by atoms with Crippen LogP contribution in [0.3, 0.4) is 0 Å². The van der Waals surface area contributed by atoms with Gasteiger partial charge in [-0.15, -0.1) is 0 Å². The summed E-state index contributed by atoms with van der Waals surface area (Å²) in [5.41, 5.74) is 0. The molecule has 0 saturated heterocycles. The van der Waals surface area contributed by atoms with Gasteiger partial charge in [0.25, 0.3) is 0 Å². The van der Waals surface area contributed by atoms with E-state index in [1.54, 1.807) is 0 Å². The van der Waals surface area contributed by atoms with Crippen LogP contribution in [0.4, 0.5) is 0 Å². The molecule has 1 aliphatic rings. The summed E-state index contributed by atoms with van der Waals surface area (Å²) in [5.74, 6) is 0.742. The van der Waals surface area contributed by atoms with E-state index in [1.165, 1.54) is 83.5 Å². The lowest BCUT2D eigenvalue weighted by molar-refractivity contribution is 0.530. The summed E-state index contributed by atoms with van der Waals surface area (Å²) in [6.07, 6.45) is 29.3. The molecule has 0 aromatic carbocycles. The van der Waals surface area contributed by atoms with Gasteiger partial charge in [-0.05, 0) is 18.8 Å². The maximum atomic E-state index is 2.39. The van der Waals surface area contributed by atoms with Gasteiger partial charge in [-0.3, -0.25) is 0 Å². The average molecular weight is 277 g/mol. The van der Waals surface area contributed by atoms with Crippen LogP contribution >= 0.6 is 0 Å². The highest BCUT2D eigenvalue weighted by molar-refractivity contribution is 5.08. The van der Waals surface area contributed by atoms with Gasteiger partial charge >= 0.3 is 0 Å². The molecule has 1 aliphatic carbocycles. The van der Waals surface area contributed by atoms with E-state index < -0.39 is 0 Å². The van der Waals surface area contributed by atoms with Gasteiger partial charge in [0.05, 0.1) is 0 Å². The van der Waals surface area contributed by atoms with Crippen LogP contribution in [0.5, 0.6) is 0 Å². The lowest BCUT2D eigenvalue weighted by Gasteiger charge is -2.10. The molecule has 0 atom stereocenters. The molecule has 0 aromatic heterocycles. The maximum absolute atomic E-state index is 2.39. The SMILES string of the molecule is CCCCCCCCCCCCCCC1C=CCC=C1. The second kappa shape index (κ2) is 13.5. The molecule has 0 N–H and O–H groups in total. The van der Waals surface area contributed by atoms with Gasteiger partial charge in [0.1, 0.15) is 0 Å². The Morgan fingerprint density at radius 3 is 1.60 bits per heavy atom. The smallest absolute Gasteiger partial charge is 0.00533 e. The zero-order valence-electron chi connectivity index (χ0n) is 13.8. The number of hydrogen-bond acceptors (Lipinski definition) is 0. The molecule has 1 rings (SSSR count). The quantitative estimate of drug-likeness (QED) is 0.246. The molecule has 20 heavy (non-hydrogen) atoms. The Kier molecular flexibility index (Phi) is 11.8. The topological polar surface area (TPSA) is 0 Å². The zero-order chi connectivity index (χ0) is 14.3. The summed E-state index contributed by atoms with van der Waals surface area (Å²) >= 11 is 0. The van der Waals surface area contributed by atoms with Crippen LogP contribution in [0, 0.1) is 5.92 Å². The van der Waals surface area contributed by atoms with Crippen molar-refractivity contribution in [2.45, 2.75) is 96.8 Å². The summed E-state index contributed by atoms with van der Waals surface area (Å²) in [6, 6.07) is 0. The van der Waals surface area contributed by atoms with Crippen LogP contribution in [0.1, 0.15) is 96.8 Å². The fourth-order valence-electron chi connectivity index (χ4n) is 3.06. The Labute approximate surface area is 127 Å². The minimum Gasteiger partial charge on any atom is -0.0842 e. The molecule has 0 bridgehead atoms. The highest BCUT2D eigenvalue weighted by Crippen LogP contribution is 2.18. The first-order valence-corrected chi connectivity index (χ1v) is 9.27. The third-order valence-corrected chi connectivity index (χ3v) is 4.43. The molecular formula is C20H36. The van der Waals surface area contributed by atoms with Crippen LogP contribution in [0.15, 0.2) is 24.3 Å². The van der Waals surface area contributed by atoms with Crippen molar-refractivity contribution in [1.29, 1.82) is 0 Å². The zero-order valence-corrected chi connectivity index (χ0v) is 13.8. The van der Waals surface area contributed by atoms with Gasteiger partial charge in [-0.25, -0.2) is 0 Å². The number of rotatable bonds is 13. The lowest BCUT2D eigenvalue weighted by Crippen LogP contribution is -1.94. The molecule has 0 fully saturated rings. The van der Waals surface area contributed by atoms with Gasteiger partial charge in [0.15, 0.2) is 0 Å². The highest BCUT2D eigenvalue weighted by Gasteiger charge is 2.02. The van der Waals surface area contributed by atoms with Gasteiger partial charge in [0, 0.05) is 0 Å². The van der Waals surface area contributed by atoms with E-state index in [4.69, 9.17) is 0 Å². The molecule has 0 nitrogen and oxygen atoms in total. The first-order chi connectivity index (χ1) is 9.93. The first kappa shape index (κ1) is 17.5. The molecule has 0 saturated carbocycles. The Balaban J connectivity index is 1.73. The fourth-order valence-corrected chi connectivity index (χ4v) is 3.06. The largest absolute Gasteiger partial charge is 0.0842 e. The summed E-state index contributed by atoms with van der Waals surface area (Å²) in [6.45, 7) is 2.29. The van der Waals surface area contributed by atoms with Crippen LogP contribution in [-0.4, -0.2) is 0 Å². The highest BCUT2D eigenvalue weighted by atomic mass is 14.1. The minimum atomic E-state index is 0.742. The Bertz CT molecular complexity index is 237. The molecule has 0 unspecified atom stereocenters. The van der Waals surface area contributed by atoms with Crippen molar-refractivity contribution in [1.82, 2.24) is 0 Å². The summed E-state index contributed by atoms with van der Waals surface area (Å²) in [5, 5.41) is 0. The van der Waals surface area contributed by atoms with Gasteiger partial charge in [-0.2, -0.15) is 0 Å². The van der Waals surface area contributed by atoms with E-state index in [-0.39, 0.29) is 0 Å². The van der Waals surface area contributed by atoms with Crippen LogP contribution in [-0.2, 0) is 0 Å². The minimum absolute atomic E-state index is 0.742. The van der Waals surface area contributed by atoms with Crippen molar-refractivity contribution < 1.29 is 0 Å². The van der Waals surface area contributed by atoms with Gasteiger partial charge in [-0.1, -0.05) is 108 Å². The van der Waals surface area contributed by atoms with Crippen LogP contribution in [0.25, 0.3) is 0 Å². The van der Waals surface area contributed by atoms with E-state index in [0.29, 0.717) is 0 Å². The Hall–Kier alpha value is -0.520. The monoisotopic (exact) mass is 276 g/mol. The second-order valence-electron chi connectivity index (χ2n) is 6.43. The van der Waals surface area contributed by atoms with E-state index in [0.717, 1.165) is 12.3 Å². The number of allylic oxidation sites excluding steroid dienone is 4. The van der Waals surface area contributed by atoms with Crippen molar-refractivity contribution in [2.24, 2.45) is 5.92 Å². The number of unbranched alkanes of at least 4 members (excludes halogenated alkanes) is 11. The normalized spacial score (nSPS) is 15.1. The van der Waals surface area contributed by atoms with Crippen molar-refractivity contribution in [3.8, 4) is 0 Å². The van der Waals surface area contributed by atoms with E-state index >= 15 is 0 Å². The predicted molar refractivity (Wildman–Crippen MR) is 92.1 cm³/mol. The standard InChI is InChI=1S/C20H36/c1-2-3-4-5-6-7-8-9-10-11-12-14-17-20-18-15-13-16-19-20/h15-16,18-20H,2-14,17H2,1H3. The lowest BCUT2D eigenvalue weighted by atomic mass is 9.96. The van der Waals surface area contributed by atoms with E-state index in [9.17, 15) is 0 Å². The fraction of sp³-hybridized carbons (Fsp3) is 0.800. The third-order valence-electron chi connectivity index (χ3n) is 4.43. The van der Waals surface area contributed by atoms with E-state index in [2.05, 4.69) is 31.2 Å². The van der Waals surface area contributed by atoms with Crippen molar-refractivity contribution in [3.63, 3.8) is 0 Å². The molecule has 0 aromatic rings. The summed E-state index contributed by atoms with van der Waals surface area (Å²) < 4.78 is 0. The molecule has 116 valence electrons. The van der Waals surface area contributed by atoms with Gasteiger partial charge in [0.2, 0.25) is 0 Å². The molecule has 0 radical (unpaired) electrons. The second-order valence-corrected chi connectivity index (χ2v) is 6.43. The van der Waals surface area contributed by atoms with Crippen molar-refractivity contribution >= 4 is 0 Å². The van der Waals surface area contributed by atoms with Gasteiger partial charge < -0.3 is 0 Å². The first-order valence-electron chi connectivity index (χ1n) is 9.27. The Morgan fingerprint density at radius 1 is 0.650 bits per heavy atom. The molecule has 0 heteroatoms. The van der Waals surface area contributed by atoms with Crippen molar-refractivity contribution in [2.75, 3.05) is 0 Å². The third kappa shape index (κ3) is 10.3. The summed E-state index contributed by atoms with van der Waals surface area (Å²) in [4.78, 5) is 0. The molecule has 0 heterocycles. The Morgan fingerprint density at radius 2 is 1.10 bits per heavy atom. The molecule has 0 amide bonds. The maximum Gasteiger partial charge on any atom is -0.00533 e. The van der Waals surface area contributed by atoms with Crippen LogP contribution < -0.4 is 0 Å².